The third-order valence-electron chi connectivity index (χ3n) is 2.41. The van der Waals surface area contributed by atoms with E-state index in [4.69, 9.17) is 5.11 Å². The molecule has 0 saturated carbocycles. The van der Waals surface area contributed by atoms with Gasteiger partial charge < -0.3 is 5.11 Å². The molecule has 1 amide bonds. The second-order valence-electron chi connectivity index (χ2n) is 4.05. The molecule has 0 bridgehead atoms. The summed E-state index contributed by atoms with van der Waals surface area (Å²) < 4.78 is 0. The second kappa shape index (κ2) is 4.35. The SMILES string of the molecule is CC(=O)N(c1ccccc1)C(C)(C)C(=O)O. The lowest BCUT2D eigenvalue weighted by Crippen LogP contribution is -2.52. The third kappa shape index (κ3) is 2.21. The Morgan fingerprint density at radius 3 is 2.06 bits per heavy atom. The fourth-order valence-electron chi connectivity index (χ4n) is 1.57. The average molecular weight is 221 g/mol. The summed E-state index contributed by atoms with van der Waals surface area (Å²) in [6, 6.07) is 8.78. The molecule has 4 nitrogen and oxygen atoms in total. The van der Waals surface area contributed by atoms with Crippen molar-refractivity contribution in [3.8, 4) is 0 Å². The van der Waals surface area contributed by atoms with Crippen LogP contribution in [0.1, 0.15) is 20.8 Å². The predicted molar refractivity (Wildman–Crippen MR) is 61.3 cm³/mol. The number of aliphatic carboxylic acids is 1. The number of carbonyl (C=O) groups excluding carboxylic acids is 1. The van der Waals surface area contributed by atoms with Gasteiger partial charge in [-0.2, -0.15) is 0 Å². The van der Waals surface area contributed by atoms with Crippen molar-refractivity contribution in [3.05, 3.63) is 30.3 Å². The van der Waals surface area contributed by atoms with Gasteiger partial charge >= 0.3 is 5.97 Å². The van der Waals surface area contributed by atoms with Crippen molar-refractivity contribution in [1.29, 1.82) is 0 Å². The largest absolute Gasteiger partial charge is 0.480 e. The Bertz CT molecular complexity index is 398. The van der Waals surface area contributed by atoms with Crippen LogP contribution in [-0.4, -0.2) is 22.5 Å². The van der Waals surface area contributed by atoms with Crippen LogP contribution in [0.3, 0.4) is 0 Å². The molecule has 1 aromatic rings. The molecule has 4 heteroatoms. The first-order valence-electron chi connectivity index (χ1n) is 4.96. The summed E-state index contributed by atoms with van der Waals surface area (Å²) in [6.07, 6.45) is 0. The van der Waals surface area contributed by atoms with Gasteiger partial charge in [-0.15, -0.1) is 0 Å². The van der Waals surface area contributed by atoms with Gasteiger partial charge in [-0.1, -0.05) is 18.2 Å². The summed E-state index contributed by atoms with van der Waals surface area (Å²) >= 11 is 0. The van der Waals surface area contributed by atoms with Crippen molar-refractivity contribution in [2.45, 2.75) is 26.3 Å². The molecule has 0 aromatic heterocycles. The van der Waals surface area contributed by atoms with Gasteiger partial charge in [0.15, 0.2) is 0 Å². The first-order valence-corrected chi connectivity index (χ1v) is 4.96. The molecule has 0 aliphatic carbocycles. The van der Waals surface area contributed by atoms with E-state index in [2.05, 4.69) is 0 Å². The molecule has 0 aliphatic heterocycles. The van der Waals surface area contributed by atoms with Crippen molar-refractivity contribution in [2.24, 2.45) is 0 Å². The maximum Gasteiger partial charge on any atom is 0.329 e. The summed E-state index contributed by atoms with van der Waals surface area (Å²) in [7, 11) is 0. The molecule has 0 atom stereocenters. The second-order valence-corrected chi connectivity index (χ2v) is 4.05. The number of carboxylic acid groups (broad SMARTS) is 1. The standard InChI is InChI=1S/C12H15NO3/c1-9(14)13(12(2,3)11(15)16)10-7-5-4-6-8-10/h4-8H,1-3H3,(H,15,16). The smallest absolute Gasteiger partial charge is 0.329 e. The normalized spacial score (nSPS) is 10.9. The highest BCUT2D eigenvalue weighted by molar-refractivity contribution is 5.99. The number of nitrogens with zero attached hydrogens (tertiary/aromatic N) is 1. The Balaban J connectivity index is 3.21. The minimum absolute atomic E-state index is 0.293. The van der Waals surface area contributed by atoms with E-state index in [0.29, 0.717) is 5.69 Å². The highest BCUT2D eigenvalue weighted by Crippen LogP contribution is 2.24. The zero-order valence-electron chi connectivity index (χ0n) is 9.60. The predicted octanol–water partition coefficient (Wildman–Crippen LogP) is 1.90. The molecule has 1 aromatic carbocycles. The van der Waals surface area contributed by atoms with Gasteiger partial charge in [0.1, 0.15) is 5.54 Å². The number of hydrogen-bond acceptors (Lipinski definition) is 2. The molecule has 1 rings (SSSR count). The Labute approximate surface area is 94.5 Å². The lowest BCUT2D eigenvalue weighted by Gasteiger charge is -2.34. The van der Waals surface area contributed by atoms with Crippen molar-refractivity contribution in [3.63, 3.8) is 0 Å². The Morgan fingerprint density at radius 1 is 1.19 bits per heavy atom. The molecule has 0 spiro atoms. The number of rotatable bonds is 3. The van der Waals surface area contributed by atoms with E-state index < -0.39 is 11.5 Å². The minimum Gasteiger partial charge on any atom is -0.480 e. The van der Waals surface area contributed by atoms with E-state index >= 15 is 0 Å². The van der Waals surface area contributed by atoms with E-state index in [1.165, 1.54) is 25.7 Å². The van der Waals surface area contributed by atoms with Gasteiger partial charge in [-0.05, 0) is 26.0 Å². The maximum atomic E-state index is 11.6. The van der Waals surface area contributed by atoms with Crippen LogP contribution in [0.2, 0.25) is 0 Å². The molecule has 0 unspecified atom stereocenters. The molecular weight excluding hydrogens is 206 g/mol. The third-order valence-corrected chi connectivity index (χ3v) is 2.41. The van der Waals surface area contributed by atoms with Gasteiger partial charge in [0.2, 0.25) is 5.91 Å². The molecule has 1 N–H and O–H groups in total. The Kier molecular flexibility index (Phi) is 3.32. The highest BCUT2D eigenvalue weighted by Gasteiger charge is 2.37. The zero-order chi connectivity index (χ0) is 12.3. The van der Waals surface area contributed by atoms with Crippen LogP contribution in [0.5, 0.6) is 0 Å². The fourth-order valence-corrected chi connectivity index (χ4v) is 1.57. The summed E-state index contributed by atoms with van der Waals surface area (Å²) in [6.45, 7) is 4.37. The zero-order valence-corrected chi connectivity index (χ0v) is 9.60. The van der Waals surface area contributed by atoms with Crippen LogP contribution in [-0.2, 0) is 9.59 Å². The highest BCUT2D eigenvalue weighted by atomic mass is 16.4. The van der Waals surface area contributed by atoms with E-state index in [1.54, 1.807) is 24.3 Å². The van der Waals surface area contributed by atoms with Crippen molar-refractivity contribution in [2.75, 3.05) is 4.90 Å². The van der Waals surface area contributed by atoms with Crippen molar-refractivity contribution >= 4 is 17.6 Å². The molecule has 0 aliphatic rings. The van der Waals surface area contributed by atoms with Gasteiger partial charge in [0.05, 0.1) is 0 Å². The topological polar surface area (TPSA) is 57.6 Å². The van der Waals surface area contributed by atoms with Crippen molar-refractivity contribution in [1.82, 2.24) is 0 Å². The molecule has 86 valence electrons. The average Bonchev–Trinajstić information content (AvgIpc) is 2.18. The lowest BCUT2D eigenvalue weighted by molar-refractivity contribution is -0.143. The molecule has 0 fully saturated rings. The summed E-state index contributed by atoms with van der Waals surface area (Å²) in [4.78, 5) is 24.0. The number of benzene rings is 1. The van der Waals surface area contributed by atoms with E-state index in [9.17, 15) is 9.59 Å². The number of hydrogen-bond donors (Lipinski definition) is 1. The van der Waals surface area contributed by atoms with E-state index in [0.717, 1.165) is 0 Å². The Morgan fingerprint density at radius 2 is 1.69 bits per heavy atom. The summed E-state index contributed by atoms with van der Waals surface area (Å²) in [5.74, 6) is -1.33. The summed E-state index contributed by atoms with van der Waals surface area (Å²) in [5.41, 5.74) is -0.671. The van der Waals surface area contributed by atoms with Crippen LogP contribution >= 0.6 is 0 Å². The first kappa shape index (κ1) is 12.2. The fraction of sp³-hybridized carbons (Fsp3) is 0.333. The molecule has 16 heavy (non-hydrogen) atoms. The monoisotopic (exact) mass is 221 g/mol. The van der Waals surface area contributed by atoms with Gasteiger partial charge in [-0.3, -0.25) is 9.69 Å². The number of para-hydroxylation sites is 1. The van der Waals surface area contributed by atoms with Gasteiger partial charge in [-0.25, -0.2) is 4.79 Å². The summed E-state index contributed by atoms with van der Waals surface area (Å²) in [5, 5.41) is 9.13. The molecule has 0 saturated heterocycles. The minimum atomic E-state index is -1.26. The first-order chi connectivity index (χ1) is 7.37. The Hall–Kier alpha value is -1.84. The van der Waals surface area contributed by atoms with Crippen LogP contribution in [0, 0.1) is 0 Å². The van der Waals surface area contributed by atoms with Crippen molar-refractivity contribution < 1.29 is 14.7 Å². The molecule has 0 radical (unpaired) electrons. The van der Waals surface area contributed by atoms with Gasteiger partial charge in [0.25, 0.3) is 0 Å². The number of amides is 1. The lowest BCUT2D eigenvalue weighted by atomic mass is 10.0. The van der Waals surface area contributed by atoms with Crippen LogP contribution < -0.4 is 4.90 Å². The quantitative estimate of drug-likeness (QED) is 0.848. The van der Waals surface area contributed by atoms with Crippen LogP contribution in [0.4, 0.5) is 5.69 Å². The maximum absolute atomic E-state index is 11.6. The number of anilines is 1. The van der Waals surface area contributed by atoms with E-state index in [-0.39, 0.29) is 5.91 Å². The molecular formula is C12H15NO3. The number of carboxylic acids is 1. The molecule has 0 heterocycles. The van der Waals surface area contributed by atoms with Gasteiger partial charge in [0, 0.05) is 12.6 Å². The van der Waals surface area contributed by atoms with Crippen LogP contribution in [0.15, 0.2) is 30.3 Å². The number of carbonyl (C=O) groups is 2. The van der Waals surface area contributed by atoms with E-state index in [1.807, 2.05) is 6.07 Å². The van der Waals surface area contributed by atoms with Crippen LogP contribution in [0.25, 0.3) is 0 Å².